The quantitative estimate of drug-likeness (QED) is 0.568. The van der Waals surface area contributed by atoms with Gasteiger partial charge in [0.05, 0.1) is 0 Å². The molecule has 0 atom stereocenters. The van der Waals surface area contributed by atoms with Crippen molar-refractivity contribution >= 4 is 11.8 Å². The predicted molar refractivity (Wildman–Crippen MR) is 61.7 cm³/mol. The fourth-order valence-electron chi connectivity index (χ4n) is 1.54. The summed E-state index contributed by atoms with van der Waals surface area (Å²) in [4.78, 5) is 22.1. The number of primary amides is 1. The van der Waals surface area contributed by atoms with Gasteiger partial charge in [0.15, 0.2) is 0 Å². The lowest BCUT2D eigenvalue weighted by atomic mass is 10.0. The lowest BCUT2D eigenvalue weighted by Crippen LogP contribution is -2.44. The predicted octanol–water partition coefficient (Wildman–Crippen LogP) is -0.101. The van der Waals surface area contributed by atoms with Crippen LogP contribution >= 0.6 is 0 Å². The second-order valence-corrected chi connectivity index (χ2v) is 5.05. The molecule has 0 heterocycles. The van der Waals surface area contributed by atoms with E-state index < -0.39 is 0 Å². The summed E-state index contributed by atoms with van der Waals surface area (Å²) in [6.07, 6.45) is 2.93. The first-order valence-electron chi connectivity index (χ1n) is 5.72. The van der Waals surface area contributed by atoms with E-state index in [1.54, 1.807) is 0 Å². The second-order valence-electron chi connectivity index (χ2n) is 5.05. The summed E-state index contributed by atoms with van der Waals surface area (Å²) in [5, 5.41) is 6.06. The monoisotopic (exact) mass is 227 g/mol. The molecule has 0 saturated heterocycles. The Morgan fingerprint density at radius 3 is 2.50 bits per heavy atom. The van der Waals surface area contributed by atoms with Crippen LogP contribution in [0.25, 0.3) is 0 Å². The first-order valence-corrected chi connectivity index (χ1v) is 5.72. The van der Waals surface area contributed by atoms with Gasteiger partial charge in [-0.15, -0.1) is 0 Å². The van der Waals surface area contributed by atoms with E-state index in [0.717, 1.165) is 12.8 Å². The molecule has 0 aliphatic heterocycles. The normalized spacial score (nSPS) is 15.9. The maximum atomic E-state index is 11.4. The van der Waals surface area contributed by atoms with Crippen molar-refractivity contribution in [2.75, 3.05) is 6.54 Å². The number of rotatable bonds is 7. The molecule has 1 saturated carbocycles. The summed E-state index contributed by atoms with van der Waals surface area (Å²) in [6, 6.07) is 0.408. The summed E-state index contributed by atoms with van der Waals surface area (Å²) in [5.41, 5.74) is 4.78. The van der Waals surface area contributed by atoms with Gasteiger partial charge in [-0.05, 0) is 26.7 Å². The minimum Gasteiger partial charge on any atom is -0.370 e. The Bertz CT molecular complexity index is 272. The molecule has 4 N–H and O–H groups in total. The first-order chi connectivity index (χ1) is 7.39. The van der Waals surface area contributed by atoms with Crippen LogP contribution in [-0.2, 0) is 9.59 Å². The number of nitrogens with two attached hydrogens (primary N) is 1. The highest BCUT2D eigenvalue weighted by Crippen LogP contribution is 2.18. The summed E-state index contributed by atoms with van der Waals surface area (Å²) < 4.78 is 0. The topological polar surface area (TPSA) is 84.2 Å². The van der Waals surface area contributed by atoms with Crippen molar-refractivity contribution in [2.45, 2.75) is 51.1 Å². The largest absolute Gasteiger partial charge is 0.370 e. The van der Waals surface area contributed by atoms with E-state index in [-0.39, 0.29) is 23.8 Å². The van der Waals surface area contributed by atoms with E-state index in [2.05, 4.69) is 10.6 Å². The van der Waals surface area contributed by atoms with Crippen molar-refractivity contribution < 1.29 is 9.59 Å². The molecule has 5 nitrogen and oxygen atoms in total. The Morgan fingerprint density at radius 1 is 1.38 bits per heavy atom. The van der Waals surface area contributed by atoms with Crippen LogP contribution in [0.4, 0.5) is 0 Å². The van der Waals surface area contributed by atoms with Crippen molar-refractivity contribution in [2.24, 2.45) is 5.73 Å². The Morgan fingerprint density at radius 2 is 2.00 bits per heavy atom. The van der Waals surface area contributed by atoms with Crippen LogP contribution in [0.5, 0.6) is 0 Å². The highest BCUT2D eigenvalue weighted by molar-refractivity contribution is 5.77. The third kappa shape index (κ3) is 5.70. The van der Waals surface area contributed by atoms with Gasteiger partial charge < -0.3 is 16.4 Å². The fraction of sp³-hybridized carbons (Fsp3) is 0.818. The molecule has 0 bridgehead atoms. The molecule has 0 aromatic heterocycles. The van der Waals surface area contributed by atoms with Gasteiger partial charge in [0.25, 0.3) is 0 Å². The third-order valence-electron chi connectivity index (χ3n) is 2.51. The van der Waals surface area contributed by atoms with Crippen molar-refractivity contribution in [3.05, 3.63) is 0 Å². The van der Waals surface area contributed by atoms with Crippen LogP contribution in [0.1, 0.15) is 39.5 Å². The van der Waals surface area contributed by atoms with Crippen molar-refractivity contribution in [3.8, 4) is 0 Å². The lowest BCUT2D eigenvalue weighted by molar-refractivity contribution is -0.121. The van der Waals surface area contributed by atoms with Crippen molar-refractivity contribution in [3.63, 3.8) is 0 Å². The van der Waals surface area contributed by atoms with Crippen LogP contribution < -0.4 is 16.4 Å². The van der Waals surface area contributed by atoms with Crippen LogP contribution in [0.3, 0.4) is 0 Å². The van der Waals surface area contributed by atoms with Gasteiger partial charge in [-0.25, -0.2) is 0 Å². The molecule has 0 aromatic carbocycles. The van der Waals surface area contributed by atoms with Gasteiger partial charge in [-0.1, -0.05) is 0 Å². The molecule has 2 amide bonds. The van der Waals surface area contributed by atoms with Gasteiger partial charge in [0, 0.05) is 31.0 Å². The second kappa shape index (κ2) is 5.30. The molecule has 0 spiro atoms. The van der Waals surface area contributed by atoms with Crippen LogP contribution in [0.15, 0.2) is 0 Å². The van der Waals surface area contributed by atoms with E-state index in [4.69, 9.17) is 5.73 Å². The van der Waals surface area contributed by atoms with Gasteiger partial charge in [0.2, 0.25) is 11.8 Å². The first kappa shape index (κ1) is 13.0. The average molecular weight is 227 g/mol. The Hall–Kier alpha value is -1.10. The van der Waals surface area contributed by atoms with E-state index in [0.29, 0.717) is 19.0 Å². The standard InChI is InChI=1S/C11H21N3O2/c1-11(2,7-9(12)15)13-6-5-10(16)14-8-3-4-8/h8,13H,3-7H2,1-2H3,(H2,12,15)(H,14,16). The van der Waals surface area contributed by atoms with E-state index in [9.17, 15) is 9.59 Å². The summed E-state index contributed by atoms with van der Waals surface area (Å²) in [5.74, 6) is -0.259. The summed E-state index contributed by atoms with van der Waals surface area (Å²) in [6.45, 7) is 4.37. The molecule has 1 fully saturated rings. The molecular formula is C11H21N3O2. The molecule has 92 valence electrons. The molecule has 1 aliphatic carbocycles. The summed E-state index contributed by atoms with van der Waals surface area (Å²) >= 11 is 0. The SMILES string of the molecule is CC(C)(CC(N)=O)NCCC(=O)NC1CC1. The number of nitrogens with one attached hydrogen (secondary N) is 2. The zero-order chi connectivity index (χ0) is 12.2. The molecule has 1 rings (SSSR count). The lowest BCUT2D eigenvalue weighted by Gasteiger charge is -2.24. The van der Waals surface area contributed by atoms with E-state index >= 15 is 0 Å². The molecular weight excluding hydrogens is 206 g/mol. The maximum absolute atomic E-state index is 11.4. The number of hydrogen-bond acceptors (Lipinski definition) is 3. The number of amides is 2. The van der Waals surface area contributed by atoms with Crippen molar-refractivity contribution in [1.82, 2.24) is 10.6 Å². The third-order valence-corrected chi connectivity index (χ3v) is 2.51. The Kier molecular flexibility index (Phi) is 4.29. The van der Waals surface area contributed by atoms with Crippen LogP contribution in [0.2, 0.25) is 0 Å². The highest BCUT2D eigenvalue weighted by Gasteiger charge is 2.24. The number of hydrogen-bond donors (Lipinski definition) is 3. The zero-order valence-corrected chi connectivity index (χ0v) is 10.0. The molecule has 0 radical (unpaired) electrons. The number of carbonyl (C=O) groups excluding carboxylic acids is 2. The minimum atomic E-state index is -0.342. The highest BCUT2D eigenvalue weighted by atomic mass is 16.2. The molecule has 0 unspecified atom stereocenters. The molecule has 16 heavy (non-hydrogen) atoms. The van der Waals surface area contributed by atoms with Crippen LogP contribution in [-0.4, -0.2) is 29.9 Å². The average Bonchev–Trinajstić information content (AvgIpc) is 2.84. The van der Waals surface area contributed by atoms with Gasteiger partial charge in [-0.2, -0.15) is 0 Å². The van der Waals surface area contributed by atoms with Gasteiger partial charge >= 0.3 is 0 Å². The Labute approximate surface area is 96.1 Å². The van der Waals surface area contributed by atoms with Crippen LogP contribution in [0, 0.1) is 0 Å². The maximum Gasteiger partial charge on any atom is 0.221 e. The smallest absolute Gasteiger partial charge is 0.221 e. The molecule has 5 heteroatoms. The minimum absolute atomic E-state index is 0.0740. The zero-order valence-electron chi connectivity index (χ0n) is 10.0. The summed E-state index contributed by atoms with van der Waals surface area (Å²) in [7, 11) is 0. The van der Waals surface area contributed by atoms with Gasteiger partial charge in [0.1, 0.15) is 0 Å². The fourth-order valence-corrected chi connectivity index (χ4v) is 1.54. The number of carbonyl (C=O) groups is 2. The van der Waals surface area contributed by atoms with E-state index in [1.165, 1.54) is 0 Å². The molecule has 0 aromatic rings. The van der Waals surface area contributed by atoms with Crippen molar-refractivity contribution in [1.29, 1.82) is 0 Å². The Balaban J connectivity index is 2.12. The van der Waals surface area contributed by atoms with Gasteiger partial charge in [-0.3, -0.25) is 9.59 Å². The van der Waals surface area contributed by atoms with E-state index in [1.807, 2.05) is 13.8 Å². The molecule has 1 aliphatic rings.